The summed E-state index contributed by atoms with van der Waals surface area (Å²) in [6.07, 6.45) is -7.77. The second-order valence-corrected chi connectivity index (χ2v) is 6.75. The van der Waals surface area contributed by atoms with Crippen molar-refractivity contribution >= 4 is 17.3 Å². The summed E-state index contributed by atoms with van der Waals surface area (Å²) in [6, 6.07) is 2.68. The van der Waals surface area contributed by atoms with Gasteiger partial charge in [0, 0.05) is 24.8 Å². The molecule has 1 saturated heterocycles. The van der Waals surface area contributed by atoms with Crippen LogP contribution in [-0.4, -0.2) is 60.4 Å². The molecule has 1 N–H and O–H groups in total. The van der Waals surface area contributed by atoms with E-state index in [0.717, 1.165) is 31.4 Å². The Morgan fingerprint density at radius 1 is 1.17 bits per heavy atom. The molecule has 1 aliphatic heterocycles. The molecule has 0 bridgehead atoms. The van der Waals surface area contributed by atoms with Gasteiger partial charge in [-0.3, -0.25) is 14.9 Å². The maximum Gasteiger partial charge on any atom is 0.406 e. The smallest absolute Gasteiger partial charge is 0.377 e. The number of benzene rings is 1. The lowest BCUT2D eigenvalue weighted by molar-refractivity contribution is -0.384. The number of amides is 1. The lowest BCUT2D eigenvalue weighted by Crippen LogP contribution is -2.44. The molecule has 1 fully saturated rings. The number of rotatable bonds is 7. The van der Waals surface area contributed by atoms with Gasteiger partial charge in [-0.1, -0.05) is 0 Å². The van der Waals surface area contributed by atoms with Gasteiger partial charge in [-0.25, -0.2) is 0 Å². The maximum atomic E-state index is 12.6. The zero-order chi connectivity index (χ0) is 22.5. The largest absolute Gasteiger partial charge is 0.406 e. The van der Waals surface area contributed by atoms with Gasteiger partial charge in [-0.05, 0) is 31.4 Å². The molecule has 0 saturated carbocycles. The summed E-state index contributed by atoms with van der Waals surface area (Å²) >= 11 is 0. The van der Waals surface area contributed by atoms with Crippen molar-refractivity contribution in [2.75, 3.05) is 31.6 Å². The lowest BCUT2D eigenvalue weighted by Gasteiger charge is -2.25. The van der Waals surface area contributed by atoms with Crippen LogP contribution in [0.1, 0.15) is 29.6 Å². The second-order valence-electron chi connectivity index (χ2n) is 6.75. The van der Waals surface area contributed by atoms with Crippen LogP contribution in [-0.2, 0) is 4.74 Å². The van der Waals surface area contributed by atoms with E-state index in [1.807, 2.05) is 0 Å². The standard InChI is InChI=1S/C17H19F6N3O4/c18-16(19,20)9-25(10-17(21,22)23)15(27)11-4-5-13(14(7-11)26(28)29)24-8-12-3-1-2-6-30-12/h4-5,7,12,24H,1-3,6,8-10H2. The molecule has 0 spiro atoms. The minimum atomic E-state index is -5.08. The first kappa shape index (κ1) is 23.7. The van der Waals surface area contributed by atoms with Crippen molar-refractivity contribution < 1.29 is 40.8 Å². The first-order chi connectivity index (χ1) is 13.9. The molecule has 1 unspecified atom stereocenters. The number of nitrogens with zero attached hydrogens (tertiary/aromatic N) is 2. The second kappa shape index (κ2) is 9.49. The quantitative estimate of drug-likeness (QED) is 0.389. The highest BCUT2D eigenvalue weighted by Gasteiger charge is 2.40. The summed E-state index contributed by atoms with van der Waals surface area (Å²) in [6.45, 7) is -3.51. The molecule has 1 amide bonds. The van der Waals surface area contributed by atoms with Crippen LogP contribution in [0.25, 0.3) is 0 Å². The molecule has 0 radical (unpaired) electrons. The topological polar surface area (TPSA) is 84.7 Å². The summed E-state index contributed by atoms with van der Waals surface area (Å²) in [5.41, 5.74) is -1.32. The minimum Gasteiger partial charge on any atom is -0.377 e. The van der Waals surface area contributed by atoms with Gasteiger partial charge in [0.15, 0.2) is 0 Å². The Kier molecular flexibility index (Phi) is 7.50. The number of halogens is 6. The van der Waals surface area contributed by atoms with Gasteiger partial charge in [-0.2, -0.15) is 26.3 Å². The van der Waals surface area contributed by atoms with Crippen LogP contribution >= 0.6 is 0 Å². The summed E-state index contributed by atoms with van der Waals surface area (Å²) in [5.74, 6) is -1.62. The van der Waals surface area contributed by atoms with E-state index in [4.69, 9.17) is 4.74 Å². The average molecular weight is 443 g/mol. The van der Waals surface area contributed by atoms with Gasteiger partial charge in [0.2, 0.25) is 0 Å². The molecule has 7 nitrogen and oxygen atoms in total. The summed E-state index contributed by atoms with van der Waals surface area (Å²) < 4.78 is 81.2. The fourth-order valence-corrected chi connectivity index (χ4v) is 2.97. The van der Waals surface area contributed by atoms with E-state index in [9.17, 15) is 41.3 Å². The van der Waals surface area contributed by atoms with E-state index in [1.165, 1.54) is 0 Å². The van der Waals surface area contributed by atoms with Crippen molar-refractivity contribution in [3.63, 3.8) is 0 Å². The normalized spacial score (nSPS) is 17.5. The van der Waals surface area contributed by atoms with Crippen molar-refractivity contribution in [1.29, 1.82) is 0 Å². The number of ether oxygens (including phenoxy) is 1. The van der Waals surface area contributed by atoms with Crippen molar-refractivity contribution in [2.45, 2.75) is 37.7 Å². The van der Waals surface area contributed by atoms with Gasteiger partial charge in [0.05, 0.1) is 11.0 Å². The van der Waals surface area contributed by atoms with E-state index in [-0.39, 0.29) is 18.3 Å². The van der Waals surface area contributed by atoms with Crippen molar-refractivity contribution in [1.82, 2.24) is 4.90 Å². The monoisotopic (exact) mass is 443 g/mol. The third-order valence-corrected chi connectivity index (χ3v) is 4.26. The van der Waals surface area contributed by atoms with Crippen LogP contribution in [0.2, 0.25) is 0 Å². The Labute approximate surface area is 167 Å². The van der Waals surface area contributed by atoms with E-state index >= 15 is 0 Å². The van der Waals surface area contributed by atoms with E-state index in [0.29, 0.717) is 12.7 Å². The number of nitrogens with one attached hydrogen (secondary N) is 1. The molecule has 1 aromatic rings. The third-order valence-electron chi connectivity index (χ3n) is 4.26. The molecule has 168 valence electrons. The van der Waals surface area contributed by atoms with Crippen LogP contribution in [0.3, 0.4) is 0 Å². The van der Waals surface area contributed by atoms with E-state index < -0.39 is 52.4 Å². The summed E-state index contributed by atoms with van der Waals surface area (Å²) in [7, 11) is 0. The van der Waals surface area contributed by atoms with Crippen LogP contribution in [0.15, 0.2) is 18.2 Å². The maximum absolute atomic E-state index is 12.6. The summed E-state index contributed by atoms with van der Waals surface area (Å²) in [5, 5.41) is 14.1. The molecular formula is C17H19F6N3O4. The molecule has 0 aromatic heterocycles. The number of carbonyl (C=O) groups is 1. The third kappa shape index (κ3) is 7.35. The van der Waals surface area contributed by atoms with Crippen LogP contribution in [0, 0.1) is 10.1 Å². The van der Waals surface area contributed by atoms with E-state index in [1.54, 1.807) is 0 Å². The average Bonchev–Trinajstić information content (AvgIpc) is 2.63. The molecule has 1 aromatic carbocycles. The molecule has 1 atom stereocenters. The zero-order valence-corrected chi connectivity index (χ0v) is 15.6. The molecular weight excluding hydrogens is 424 g/mol. The van der Waals surface area contributed by atoms with Gasteiger partial charge in [0.25, 0.3) is 11.6 Å². The highest BCUT2D eigenvalue weighted by atomic mass is 19.4. The minimum absolute atomic E-state index is 0.0242. The van der Waals surface area contributed by atoms with Crippen LogP contribution in [0.5, 0.6) is 0 Å². The molecule has 13 heteroatoms. The Morgan fingerprint density at radius 3 is 2.30 bits per heavy atom. The van der Waals surface area contributed by atoms with Gasteiger partial charge in [-0.15, -0.1) is 0 Å². The SMILES string of the molecule is O=C(c1ccc(NCC2CCCCO2)c([N+](=O)[O-])c1)N(CC(F)(F)F)CC(F)(F)F. The van der Waals surface area contributed by atoms with Gasteiger partial charge >= 0.3 is 12.4 Å². The Hall–Kier alpha value is -2.57. The highest BCUT2D eigenvalue weighted by molar-refractivity contribution is 5.95. The zero-order valence-electron chi connectivity index (χ0n) is 15.6. The first-order valence-electron chi connectivity index (χ1n) is 8.92. The highest BCUT2D eigenvalue weighted by Crippen LogP contribution is 2.29. The predicted molar refractivity (Wildman–Crippen MR) is 93.2 cm³/mol. The van der Waals surface area contributed by atoms with Crippen molar-refractivity contribution in [3.05, 3.63) is 33.9 Å². The Morgan fingerprint density at radius 2 is 1.80 bits per heavy atom. The molecule has 30 heavy (non-hydrogen) atoms. The molecule has 2 rings (SSSR count). The Bertz CT molecular complexity index is 747. The number of carbonyl (C=O) groups excluding carboxylic acids is 1. The molecule has 0 aliphatic carbocycles. The predicted octanol–water partition coefficient (Wildman–Crippen LogP) is 4.14. The number of nitro groups is 1. The van der Waals surface area contributed by atoms with Gasteiger partial charge in [0.1, 0.15) is 18.8 Å². The number of nitro benzene ring substituents is 1. The Balaban J connectivity index is 2.22. The van der Waals surface area contributed by atoms with Crippen molar-refractivity contribution in [3.8, 4) is 0 Å². The van der Waals surface area contributed by atoms with Crippen LogP contribution < -0.4 is 5.32 Å². The summed E-state index contributed by atoms with van der Waals surface area (Å²) in [4.78, 5) is 22.3. The van der Waals surface area contributed by atoms with Crippen LogP contribution in [0.4, 0.5) is 37.7 Å². The number of anilines is 1. The fraction of sp³-hybridized carbons (Fsp3) is 0.588. The van der Waals surface area contributed by atoms with Crippen molar-refractivity contribution in [2.24, 2.45) is 0 Å². The first-order valence-corrected chi connectivity index (χ1v) is 8.92. The fourth-order valence-electron chi connectivity index (χ4n) is 2.97. The number of alkyl halides is 6. The molecule has 1 heterocycles. The van der Waals surface area contributed by atoms with E-state index in [2.05, 4.69) is 5.32 Å². The van der Waals surface area contributed by atoms with Gasteiger partial charge < -0.3 is 15.0 Å². The number of hydrogen-bond acceptors (Lipinski definition) is 5. The molecule has 1 aliphatic rings. The number of hydrogen-bond donors (Lipinski definition) is 1. The lowest BCUT2D eigenvalue weighted by atomic mass is 10.1.